The molecule has 0 spiro atoms. The third kappa shape index (κ3) is 1.25. The molecule has 0 aliphatic heterocycles. The average Bonchev–Trinajstić information content (AvgIpc) is 2.46. The molecule has 0 aliphatic carbocycles. The molecule has 3 N–H and O–H groups in total. The highest BCUT2D eigenvalue weighted by atomic mass is 15.2. The molecule has 3 heteroatoms. The van der Waals surface area contributed by atoms with Gasteiger partial charge in [-0.2, -0.15) is 5.10 Å². The maximum absolute atomic E-state index is 5.73. The van der Waals surface area contributed by atoms with E-state index in [-0.39, 0.29) is 5.41 Å². The second-order valence-corrected chi connectivity index (χ2v) is 4.22. The summed E-state index contributed by atoms with van der Waals surface area (Å²) in [5.41, 5.74) is 7.71. The molecule has 0 amide bonds. The first kappa shape index (κ1) is 9.06. The molecule has 1 aromatic carbocycles. The predicted molar refractivity (Wildman–Crippen MR) is 58.9 cm³/mol. The Bertz CT molecular complexity index is 463. The van der Waals surface area contributed by atoms with Crippen molar-refractivity contribution in [1.29, 1.82) is 0 Å². The zero-order chi connectivity index (χ0) is 10.3. The van der Waals surface area contributed by atoms with Crippen molar-refractivity contribution in [2.45, 2.75) is 19.3 Å². The van der Waals surface area contributed by atoms with Gasteiger partial charge in [0.05, 0.1) is 5.52 Å². The minimum atomic E-state index is -0.140. The largest absolute Gasteiger partial charge is 0.382 e. The molecule has 0 saturated carbocycles. The summed E-state index contributed by atoms with van der Waals surface area (Å²) in [4.78, 5) is 0. The number of fused-ring (bicyclic) bond motifs is 1. The molecule has 3 nitrogen and oxygen atoms in total. The number of para-hydroxylation sites is 1. The van der Waals surface area contributed by atoms with E-state index in [4.69, 9.17) is 5.73 Å². The fraction of sp³-hybridized carbons (Fsp3) is 0.273. The van der Waals surface area contributed by atoms with Gasteiger partial charge in [0.15, 0.2) is 5.82 Å². The predicted octanol–water partition coefficient (Wildman–Crippen LogP) is 2.26. The molecule has 1 radical (unpaired) electrons. The molecule has 14 heavy (non-hydrogen) atoms. The molecule has 73 valence electrons. The van der Waals surface area contributed by atoms with Gasteiger partial charge in [-0.25, -0.2) is 0 Å². The number of H-pyrrole nitrogens is 1. The number of aromatic amines is 1. The molecule has 1 aromatic heterocycles. The minimum Gasteiger partial charge on any atom is -0.382 e. The van der Waals surface area contributed by atoms with E-state index in [1.165, 1.54) is 0 Å². The van der Waals surface area contributed by atoms with Gasteiger partial charge in [0, 0.05) is 5.39 Å². The molecule has 2 aromatic rings. The smallest absolute Gasteiger partial charge is 0.153 e. The third-order valence-corrected chi connectivity index (χ3v) is 2.36. The van der Waals surface area contributed by atoms with Crippen molar-refractivity contribution in [3.05, 3.63) is 30.7 Å². The van der Waals surface area contributed by atoms with Crippen LogP contribution < -0.4 is 5.73 Å². The highest BCUT2D eigenvalue weighted by Gasteiger charge is 2.18. The Morgan fingerprint density at radius 2 is 2.14 bits per heavy atom. The number of nitrogens with two attached hydrogens (primary N) is 1. The van der Waals surface area contributed by atoms with E-state index in [0.717, 1.165) is 16.5 Å². The van der Waals surface area contributed by atoms with Crippen LogP contribution in [0, 0.1) is 6.92 Å². The Balaban J connectivity index is 2.79. The van der Waals surface area contributed by atoms with Gasteiger partial charge in [-0.1, -0.05) is 26.0 Å². The van der Waals surface area contributed by atoms with Gasteiger partial charge in [0.2, 0.25) is 0 Å². The number of aromatic nitrogens is 2. The summed E-state index contributed by atoms with van der Waals surface area (Å²) in [6, 6.07) is 5.99. The highest BCUT2D eigenvalue weighted by Crippen LogP contribution is 2.29. The summed E-state index contributed by atoms with van der Waals surface area (Å²) in [5.74, 6) is 0.547. The zero-order valence-corrected chi connectivity index (χ0v) is 8.46. The van der Waals surface area contributed by atoms with Crippen LogP contribution in [0.15, 0.2) is 18.2 Å². The molecule has 0 bridgehead atoms. The molecule has 0 atom stereocenters. The van der Waals surface area contributed by atoms with Crippen LogP contribution in [-0.4, -0.2) is 10.2 Å². The first-order valence-corrected chi connectivity index (χ1v) is 4.58. The fourth-order valence-electron chi connectivity index (χ4n) is 1.63. The monoisotopic (exact) mass is 188 g/mol. The lowest BCUT2D eigenvalue weighted by Crippen LogP contribution is -2.12. The van der Waals surface area contributed by atoms with Crippen molar-refractivity contribution < 1.29 is 0 Å². The number of nitrogen functional groups attached to an aromatic ring is 1. The van der Waals surface area contributed by atoms with E-state index in [2.05, 4.69) is 31.0 Å². The maximum atomic E-state index is 5.73. The van der Waals surface area contributed by atoms with Crippen molar-refractivity contribution in [1.82, 2.24) is 10.2 Å². The van der Waals surface area contributed by atoms with Crippen LogP contribution in [0.25, 0.3) is 10.9 Å². The molecule has 0 fully saturated rings. The van der Waals surface area contributed by atoms with Crippen molar-refractivity contribution in [3.8, 4) is 0 Å². The van der Waals surface area contributed by atoms with Crippen LogP contribution in [0.4, 0.5) is 5.82 Å². The van der Waals surface area contributed by atoms with Gasteiger partial charge in [0.1, 0.15) is 0 Å². The van der Waals surface area contributed by atoms with E-state index in [1.807, 2.05) is 18.2 Å². The molecule has 0 unspecified atom stereocenters. The van der Waals surface area contributed by atoms with Crippen LogP contribution in [0.1, 0.15) is 19.4 Å². The first-order valence-electron chi connectivity index (χ1n) is 4.58. The molecular weight excluding hydrogens is 174 g/mol. The number of hydrogen-bond acceptors (Lipinski definition) is 2. The van der Waals surface area contributed by atoms with Crippen LogP contribution in [-0.2, 0) is 5.41 Å². The summed E-state index contributed by atoms with van der Waals surface area (Å²) in [6.07, 6.45) is 0. The topological polar surface area (TPSA) is 54.7 Å². The number of rotatable bonds is 1. The van der Waals surface area contributed by atoms with Crippen molar-refractivity contribution in [2.75, 3.05) is 5.73 Å². The van der Waals surface area contributed by atoms with Gasteiger partial charge < -0.3 is 5.73 Å². The van der Waals surface area contributed by atoms with Gasteiger partial charge in [-0.3, -0.25) is 5.10 Å². The number of anilines is 1. The SMILES string of the molecule is [CH2]C(C)(C)c1cccc2c(N)n[nH]c12. The summed E-state index contributed by atoms with van der Waals surface area (Å²) >= 11 is 0. The Morgan fingerprint density at radius 1 is 1.43 bits per heavy atom. The number of benzene rings is 1. The number of nitrogens with one attached hydrogen (secondary N) is 1. The second kappa shape index (κ2) is 2.74. The summed E-state index contributed by atoms with van der Waals surface area (Å²) in [7, 11) is 0. The number of nitrogens with zero attached hydrogens (tertiary/aromatic N) is 1. The van der Waals surface area contributed by atoms with Crippen LogP contribution >= 0.6 is 0 Å². The van der Waals surface area contributed by atoms with E-state index in [9.17, 15) is 0 Å². The summed E-state index contributed by atoms with van der Waals surface area (Å²) in [5, 5.41) is 7.91. The lowest BCUT2D eigenvalue weighted by Gasteiger charge is -2.19. The highest BCUT2D eigenvalue weighted by molar-refractivity contribution is 5.91. The van der Waals surface area contributed by atoms with E-state index < -0.39 is 0 Å². The van der Waals surface area contributed by atoms with Crippen molar-refractivity contribution in [2.24, 2.45) is 0 Å². The lowest BCUT2D eigenvalue weighted by atomic mass is 9.86. The molecule has 0 saturated heterocycles. The normalized spacial score (nSPS) is 12.2. The van der Waals surface area contributed by atoms with E-state index in [1.54, 1.807) is 0 Å². The van der Waals surface area contributed by atoms with Gasteiger partial charge >= 0.3 is 0 Å². The van der Waals surface area contributed by atoms with Crippen molar-refractivity contribution in [3.63, 3.8) is 0 Å². The van der Waals surface area contributed by atoms with Crippen LogP contribution in [0.3, 0.4) is 0 Å². The lowest BCUT2D eigenvalue weighted by molar-refractivity contribution is 0.669. The average molecular weight is 188 g/mol. The molecule has 0 aliphatic rings. The second-order valence-electron chi connectivity index (χ2n) is 4.22. The van der Waals surface area contributed by atoms with Crippen molar-refractivity contribution >= 4 is 16.7 Å². The van der Waals surface area contributed by atoms with Crippen LogP contribution in [0.2, 0.25) is 0 Å². The first-order chi connectivity index (χ1) is 6.50. The summed E-state index contributed by atoms with van der Waals surface area (Å²) in [6.45, 7) is 8.25. The minimum absolute atomic E-state index is 0.140. The Morgan fingerprint density at radius 3 is 2.79 bits per heavy atom. The van der Waals surface area contributed by atoms with Gasteiger partial charge in [-0.15, -0.1) is 0 Å². The molecule has 1 heterocycles. The molecular formula is C11H14N3. The standard InChI is InChI=1S/C11H14N3/c1-11(2,3)8-6-4-5-7-9(8)13-14-10(7)12/h4-6H,1H2,2-3H3,(H3,12,13,14). The Kier molecular flexibility index (Phi) is 1.77. The summed E-state index contributed by atoms with van der Waals surface area (Å²) < 4.78 is 0. The maximum Gasteiger partial charge on any atom is 0.153 e. The fourth-order valence-corrected chi connectivity index (χ4v) is 1.63. The molecule has 2 rings (SSSR count). The van der Waals surface area contributed by atoms with Gasteiger partial charge in [0.25, 0.3) is 0 Å². The van der Waals surface area contributed by atoms with Gasteiger partial charge in [-0.05, 0) is 24.0 Å². The van der Waals surface area contributed by atoms with E-state index in [0.29, 0.717) is 5.82 Å². The van der Waals surface area contributed by atoms with E-state index >= 15 is 0 Å². The Hall–Kier alpha value is -1.51. The zero-order valence-electron chi connectivity index (χ0n) is 8.46. The quantitative estimate of drug-likeness (QED) is 0.721. The Labute approximate surface area is 83.3 Å². The van der Waals surface area contributed by atoms with Crippen LogP contribution in [0.5, 0.6) is 0 Å². The number of hydrogen-bond donors (Lipinski definition) is 2. The third-order valence-electron chi connectivity index (χ3n) is 2.36.